The molecule has 1 N–H and O–H groups in total. The molecule has 1 aromatic carbocycles. The van der Waals surface area contributed by atoms with Gasteiger partial charge < -0.3 is 14.5 Å². The molecule has 2 aromatic rings. The zero-order valence-corrected chi connectivity index (χ0v) is 11.3. The minimum absolute atomic E-state index is 0.227. The van der Waals surface area contributed by atoms with Crippen LogP contribution in [0.4, 0.5) is 4.39 Å². The second kappa shape index (κ2) is 6.20. The molecule has 1 aliphatic carbocycles. The number of rotatable bonds is 7. The predicted molar refractivity (Wildman–Crippen MR) is 73.5 cm³/mol. The number of furan rings is 1. The van der Waals surface area contributed by atoms with Crippen molar-refractivity contribution >= 4 is 0 Å². The first-order chi connectivity index (χ1) is 9.83. The van der Waals surface area contributed by atoms with Crippen LogP contribution >= 0.6 is 0 Å². The van der Waals surface area contributed by atoms with Gasteiger partial charge in [-0.05, 0) is 25.0 Å². The maximum Gasteiger partial charge on any atom is 0.128 e. The highest BCUT2D eigenvalue weighted by Crippen LogP contribution is 2.20. The predicted octanol–water partition coefficient (Wildman–Crippen LogP) is 3.39. The van der Waals surface area contributed by atoms with Gasteiger partial charge in [0.2, 0.25) is 0 Å². The van der Waals surface area contributed by atoms with E-state index in [2.05, 4.69) is 5.32 Å². The molecule has 1 saturated carbocycles. The third kappa shape index (κ3) is 3.46. The molecule has 1 fully saturated rings. The maximum atomic E-state index is 13.4. The highest BCUT2D eigenvalue weighted by Gasteiger charge is 2.21. The first kappa shape index (κ1) is 13.3. The first-order valence-electron chi connectivity index (χ1n) is 6.92. The highest BCUT2D eigenvalue weighted by molar-refractivity contribution is 5.18. The molecule has 20 heavy (non-hydrogen) atoms. The molecule has 0 radical (unpaired) electrons. The second-order valence-corrected chi connectivity index (χ2v) is 5.11. The number of nitrogens with one attached hydrogen (secondary N) is 1. The van der Waals surface area contributed by atoms with E-state index in [4.69, 9.17) is 9.15 Å². The molecule has 4 heteroatoms. The van der Waals surface area contributed by atoms with E-state index in [9.17, 15) is 4.39 Å². The Labute approximate surface area is 117 Å². The molecule has 0 amide bonds. The smallest absolute Gasteiger partial charge is 0.128 e. The van der Waals surface area contributed by atoms with Gasteiger partial charge in [-0.15, -0.1) is 0 Å². The van der Waals surface area contributed by atoms with Gasteiger partial charge >= 0.3 is 0 Å². The van der Waals surface area contributed by atoms with E-state index in [1.54, 1.807) is 18.4 Å². The SMILES string of the molecule is Fc1ccccc1COCc1ccoc1CNC1CC1. The van der Waals surface area contributed by atoms with Gasteiger partial charge in [-0.1, -0.05) is 18.2 Å². The lowest BCUT2D eigenvalue weighted by Crippen LogP contribution is -2.15. The van der Waals surface area contributed by atoms with Crippen LogP contribution in [-0.2, 0) is 24.5 Å². The molecule has 3 rings (SSSR count). The van der Waals surface area contributed by atoms with Crippen molar-refractivity contribution < 1.29 is 13.5 Å². The maximum absolute atomic E-state index is 13.4. The number of ether oxygens (including phenoxy) is 1. The van der Waals surface area contributed by atoms with Gasteiger partial charge in [0.05, 0.1) is 26.0 Å². The van der Waals surface area contributed by atoms with Crippen LogP contribution in [0.5, 0.6) is 0 Å². The Bertz CT molecular complexity index is 563. The fourth-order valence-corrected chi connectivity index (χ4v) is 2.06. The lowest BCUT2D eigenvalue weighted by molar-refractivity contribution is 0.103. The minimum Gasteiger partial charge on any atom is -0.468 e. The molecule has 0 spiro atoms. The van der Waals surface area contributed by atoms with Gasteiger partial charge in [-0.2, -0.15) is 0 Å². The Kier molecular flexibility index (Phi) is 4.14. The van der Waals surface area contributed by atoms with Crippen LogP contribution in [0.2, 0.25) is 0 Å². The fraction of sp³-hybridized carbons (Fsp3) is 0.375. The summed E-state index contributed by atoms with van der Waals surface area (Å²) >= 11 is 0. The molecule has 1 aliphatic rings. The molecule has 106 valence electrons. The summed E-state index contributed by atoms with van der Waals surface area (Å²) in [4.78, 5) is 0. The summed E-state index contributed by atoms with van der Waals surface area (Å²) in [7, 11) is 0. The Hall–Kier alpha value is -1.65. The van der Waals surface area contributed by atoms with Gasteiger partial charge in [-0.3, -0.25) is 0 Å². The van der Waals surface area contributed by atoms with Gasteiger partial charge in [0.15, 0.2) is 0 Å². The van der Waals surface area contributed by atoms with Crippen LogP contribution in [0.3, 0.4) is 0 Å². The zero-order valence-electron chi connectivity index (χ0n) is 11.3. The van der Waals surface area contributed by atoms with Crippen molar-refractivity contribution in [2.75, 3.05) is 0 Å². The fourth-order valence-electron chi connectivity index (χ4n) is 2.06. The van der Waals surface area contributed by atoms with Gasteiger partial charge in [0.25, 0.3) is 0 Å². The molecule has 0 bridgehead atoms. The van der Waals surface area contributed by atoms with E-state index in [1.807, 2.05) is 12.1 Å². The summed E-state index contributed by atoms with van der Waals surface area (Å²) in [5.41, 5.74) is 1.60. The van der Waals surface area contributed by atoms with Crippen molar-refractivity contribution in [2.24, 2.45) is 0 Å². The van der Waals surface area contributed by atoms with Gasteiger partial charge in [0.1, 0.15) is 11.6 Å². The lowest BCUT2D eigenvalue weighted by atomic mass is 10.2. The third-order valence-electron chi connectivity index (χ3n) is 3.44. The topological polar surface area (TPSA) is 34.4 Å². The summed E-state index contributed by atoms with van der Waals surface area (Å²) in [6, 6.07) is 9.22. The van der Waals surface area contributed by atoms with Gasteiger partial charge in [-0.25, -0.2) is 4.39 Å². The van der Waals surface area contributed by atoms with Crippen LogP contribution in [-0.4, -0.2) is 6.04 Å². The van der Waals surface area contributed by atoms with Crippen molar-refractivity contribution in [3.8, 4) is 0 Å². The quantitative estimate of drug-likeness (QED) is 0.841. The van der Waals surface area contributed by atoms with Crippen molar-refractivity contribution in [1.29, 1.82) is 0 Å². The monoisotopic (exact) mass is 275 g/mol. The molecule has 0 atom stereocenters. The Morgan fingerprint density at radius 3 is 2.75 bits per heavy atom. The molecule has 1 heterocycles. The summed E-state index contributed by atoms with van der Waals surface area (Å²) in [6.07, 6.45) is 4.17. The van der Waals surface area contributed by atoms with Crippen molar-refractivity contribution in [3.63, 3.8) is 0 Å². The normalized spacial score (nSPS) is 14.7. The molecule has 3 nitrogen and oxygen atoms in total. The molecule has 0 aliphatic heterocycles. The average molecular weight is 275 g/mol. The Balaban J connectivity index is 1.50. The summed E-state index contributed by atoms with van der Waals surface area (Å²) in [5.74, 6) is 0.681. The second-order valence-electron chi connectivity index (χ2n) is 5.11. The molecule has 1 aromatic heterocycles. The van der Waals surface area contributed by atoms with E-state index in [1.165, 1.54) is 18.9 Å². The summed E-state index contributed by atoms with van der Waals surface area (Å²) < 4.78 is 24.5. The molecular weight excluding hydrogens is 257 g/mol. The Morgan fingerprint density at radius 2 is 1.95 bits per heavy atom. The van der Waals surface area contributed by atoms with E-state index in [0.717, 1.165) is 17.9 Å². The zero-order chi connectivity index (χ0) is 13.8. The first-order valence-corrected chi connectivity index (χ1v) is 6.92. The van der Waals surface area contributed by atoms with Crippen molar-refractivity contribution in [2.45, 2.75) is 38.6 Å². The largest absolute Gasteiger partial charge is 0.468 e. The third-order valence-corrected chi connectivity index (χ3v) is 3.44. The van der Waals surface area contributed by atoms with E-state index >= 15 is 0 Å². The minimum atomic E-state index is -0.227. The molecule has 0 unspecified atom stereocenters. The number of halogens is 1. The number of hydrogen-bond acceptors (Lipinski definition) is 3. The standard InChI is InChI=1S/C16H18FNO2/c17-15-4-2-1-3-12(15)10-19-11-13-7-8-20-16(13)9-18-14-5-6-14/h1-4,7-8,14,18H,5-6,9-11H2. The van der Waals surface area contributed by atoms with Gasteiger partial charge in [0, 0.05) is 17.2 Å². The average Bonchev–Trinajstić information content (AvgIpc) is 3.18. The lowest BCUT2D eigenvalue weighted by Gasteiger charge is -2.06. The van der Waals surface area contributed by atoms with E-state index in [0.29, 0.717) is 18.2 Å². The van der Waals surface area contributed by atoms with Crippen LogP contribution in [0.1, 0.15) is 29.7 Å². The van der Waals surface area contributed by atoms with Crippen LogP contribution in [0, 0.1) is 5.82 Å². The number of benzene rings is 1. The Morgan fingerprint density at radius 1 is 1.15 bits per heavy atom. The van der Waals surface area contributed by atoms with Crippen LogP contribution < -0.4 is 5.32 Å². The summed E-state index contributed by atoms with van der Waals surface area (Å²) in [5, 5.41) is 3.41. The highest BCUT2D eigenvalue weighted by atomic mass is 19.1. The van der Waals surface area contributed by atoms with Crippen LogP contribution in [0.25, 0.3) is 0 Å². The molecular formula is C16H18FNO2. The van der Waals surface area contributed by atoms with Crippen molar-refractivity contribution in [1.82, 2.24) is 5.32 Å². The van der Waals surface area contributed by atoms with E-state index < -0.39 is 0 Å². The van der Waals surface area contributed by atoms with Crippen molar-refractivity contribution in [3.05, 3.63) is 59.3 Å². The summed E-state index contributed by atoms with van der Waals surface area (Å²) in [6.45, 7) is 1.44. The number of hydrogen-bond donors (Lipinski definition) is 1. The molecule has 0 saturated heterocycles. The van der Waals surface area contributed by atoms with Crippen LogP contribution in [0.15, 0.2) is 41.0 Å². The van der Waals surface area contributed by atoms with E-state index in [-0.39, 0.29) is 12.4 Å².